The molecular weight excluding hydrogens is 340 g/mol. The summed E-state index contributed by atoms with van der Waals surface area (Å²) < 4.78 is 11.2. The van der Waals surface area contributed by atoms with Gasteiger partial charge in [-0.05, 0) is 29.8 Å². The molecule has 6 heteroatoms. The van der Waals surface area contributed by atoms with Crippen molar-refractivity contribution in [3.05, 3.63) is 70.9 Å². The van der Waals surface area contributed by atoms with Crippen LogP contribution in [0.3, 0.4) is 0 Å². The van der Waals surface area contributed by atoms with Crippen LogP contribution >= 0.6 is 11.6 Å². The number of methoxy groups -OCH3 is 1. The zero-order chi connectivity index (χ0) is 17.6. The number of carbonyl (C=O) groups is 1. The second-order valence-electron chi connectivity index (χ2n) is 5.60. The van der Waals surface area contributed by atoms with Gasteiger partial charge in [-0.25, -0.2) is 4.79 Å². The molecule has 0 unspecified atom stereocenters. The molecule has 2 N–H and O–H groups in total. The van der Waals surface area contributed by atoms with E-state index in [4.69, 9.17) is 20.8 Å². The summed E-state index contributed by atoms with van der Waals surface area (Å²) in [6.45, 7) is 0.730. The molecule has 2 amide bonds. The minimum Gasteiger partial charge on any atom is -0.458 e. The Bertz CT molecular complexity index is 812. The Morgan fingerprint density at radius 3 is 2.64 bits per heavy atom. The highest BCUT2D eigenvalue weighted by Crippen LogP contribution is 2.25. The Morgan fingerprint density at radius 1 is 1.16 bits per heavy atom. The van der Waals surface area contributed by atoms with Crippen molar-refractivity contribution < 1.29 is 13.9 Å². The molecule has 0 radical (unpaired) electrons. The molecule has 1 aromatic heterocycles. The zero-order valence-electron chi connectivity index (χ0n) is 13.8. The predicted molar refractivity (Wildman–Crippen MR) is 97.7 cm³/mol. The lowest BCUT2D eigenvalue weighted by molar-refractivity contribution is 0.0865. The fourth-order valence-corrected chi connectivity index (χ4v) is 2.62. The van der Waals surface area contributed by atoms with Gasteiger partial charge in [0.2, 0.25) is 0 Å². The summed E-state index contributed by atoms with van der Waals surface area (Å²) in [4.78, 5) is 12.0. The SMILES string of the molecule is CO[C@H](CNC(=O)NCc1ccc(Cl)cc1)c1cc2ccccc2o1. The van der Waals surface area contributed by atoms with Crippen LogP contribution in [0.2, 0.25) is 5.02 Å². The maximum atomic E-state index is 12.0. The van der Waals surface area contributed by atoms with Crippen molar-refractivity contribution in [1.29, 1.82) is 0 Å². The number of urea groups is 1. The van der Waals surface area contributed by atoms with Gasteiger partial charge >= 0.3 is 6.03 Å². The lowest BCUT2D eigenvalue weighted by atomic mass is 10.2. The van der Waals surface area contributed by atoms with Gasteiger partial charge in [0.25, 0.3) is 0 Å². The Morgan fingerprint density at radius 2 is 1.92 bits per heavy atom. The summed E-state index contributed by atoms with van der Waals surface area (Å²) in [7, 11) is 1.59. The molecule has 3 rings (SSSR count). The standard InChI is InChI=1S/C19H19ClN2O3/c1-24-18(17-10-14-4-2-3-5-16(14)25-17)12-22-19(23)21-11-13-6-8-15(20)9-7-13/h2-10,18H,11-12H2,1H3,(H2,21,22,23)/t18-/m1/s1. The summed E-state index contributed by atoms with van der Waals surface area (Å²) in [6.07, 6.45) is -0.353. The quantitative estimate of drug-likeness (QED) is 0.691. The van der Waals surface area contributed by atoms with Crippen LogP contribution in [0.1, 0.15) is 17.4 Å². The van der Waals surface area contributed by atoms with Crippen molar-refractivity contribution in [2.24, 2.45) is 0 Å². The number of fused-ring (bicyclic) bond motifs is 1. The predicted octanol–water partition coefficient (Wildman–Crippen LogP) is 4.27. The number of hydrogen-bond donors (Lipinski definition) is 2. The van der Waals surface area contributed by atoms with Gasteiger partial charge in [0.15, 0.2) is 0 Å². The molecule has 1 atom stereocenters. The van der Waals surface area contributed by atoms with E-state index in [1.165, 1.54) is 0 Å². The smallest absolute Gasteiger partial charge is 0.315 e. The van der Waals surface area contributed by atoms with Crippen LogP contribution in [0.25, 0.3) is 11.0 Å². The third-order valence-electron chi connectivity index (χ3n) is 3.86. The molecule has 2 aromatic carbocycles. The van der Waals surface area contributed by atoms with Crippen molar-refractivity contribution in [2.45, 2.75) is 12.6 Å². The number of halogens is 1. The Kier molecular flexibility index (Phi) is 5.58. The average Bonchev–Trinajstić information content (AvgIpc) is 3.05. The van der Waals surface area contributed by atoms with Crippen LogP contribution < -0.4 is 10.6 Å². The molecule has 130 valence electrons. The van der Waals surface area contributed by atoms with Crippen molar-refractivity contribution in [3.63, 3.8) is 0 Å². The van der Waals surface area contributed by atoms with Gasteiger partial charge < -0.3 is 19.8 Å². The van der Waals surface area contributed by atoms with Gasteiger partial charge in [0.1, 0.15) is 17.4 Å². The van der Waals surface area contributed by atoms with E-state index >= 15 is 0 Å². The maximum Gasteiger partial charge on any atom is 0.315 e. The van der Waals surface area contributed by atoms with Crippen LogP contribution in [0.15, 0.2) is 59.0 Å². The first-order chi connectivity index (χ1) is 12.2. The van der Waals surface area contributed by atoms with Gasteiger partial charge in [-0.2, -0.15) is 0 Å². The van der Waals surface area contributed by atoms with Gasteiger partial charge in [0.05, 0.1) is 6.54 Å². The van der Waals surface area contributed by atoms with Crippen LogP contribution in [-0.4, -0.2) is 19.7 Å². The van der Waals surface area contributed by atoms with E-state index in [0.29, 0.717) is 23.9 Å². The van der Waals surface area contributed by atoms with E-state index < -0.39 is 0 Å². The molecule has 0 fully saturated rings. The highest BCUT2D eigenvalue weighted by molar-refractivity contribution is 6.30. The summed E-state index contributed by atoms with van der Waals surface area (Å²) >= 11 is 5.84. The number of rotatable bonds is 6. The normalized spacial score (nSPS) is 12.1. The fourth-order valence-electron chi connectivity index (χ4n) is 2.49. The molecule has 0 bridgehead atoms. The Balaban J connectivity index is 1.53. The number of amides is 2. The highest BCUT2D eigenvalue weighted by Gasteiger charge is 2.16. The van der Waals surface area contributed by atoms with E-state index in [2.05, 4.69) is 10.6 Å². The molecule has 0 aliphatic carbocycles. The molecule has 1 heterocycles. The summed E-state index contributed by atoms with van der Waals surface area (Å²) in [5.41, 5.74) is 1.77. The lowest BCUT2D eigenvalue weighted by Gasteiger charge is -2.14. The maximum absolute atomic E-state index is 12.0. The molecule has 0 saturated heterocycles. The zero-order valence-corrected chi connectivity index (χ0v) is 14.5. The molecule has 0 aliphatic rings. The summed E-state index contributed by atoms with van der Waals surface area (Å²) in [5, 5.41) is 7.27. The monoisotopic (exact) mass is 358 g/mol. The van der Waals surface area contributed by atoms with Gasteiger partial charge in [-0.15, -0.1) is 0 Å². The molecule has 5 nitrogen and oxygen atoms in total. The number of carbonyl (C=O) groups excluding carboxylic acids is 1. The lowest BCUT2D eigenvalue weighted by Crippen LogP contribution is -2.37. The van der Waals surface area contributed by atoms with Crippen LogP contribution in [-0.2, 0) is 11.3 Å². The molecule has 0 saturated carbocycles. The fraction of sp³-hybridized carbons (Fsp3) is 0.211. The molecule has 0 aliphatic heterocycles. The minimum atomic E-state index is -0.353. The highest BCUT2D eigenvalue weighted by atomic mass is 35.5. The van der Waals surface area contributed by atoms with Crippen LogP contribution in [0, 0.1) is 0 Å². The van der Waals surface area contributed by atoms with Crippen molar-refractivity contribution >= 4 is 28.6 Å². The summed E-state index contributed by atoms with van der Waals surface area (Å²) in [6, 6.07) is 16.7. The second-order valence-corrected chi connectivity index (χ2v) is 6.04. The topological polar surface area (TPSA) is 63.5 Å². The van der Waals surface area contributed by atoms with Crippen LogP contribution in [0.5, 0.6) is 0 Å². The molecule has 0 spiro atoms. The first kappa shape index (κ1) is 17.3. The number of benzene rings is 2. The Labute approximate surface area is 150 Å². The number of ether oxygens (including phenoxy) is 1. The van der Waals surface area contributed by atoms with Crippen LogP contribution in [0.4, 0.5) is 4.79 Å². The summed E-state index contributed by atoms with van der Waals surface area (Å²) in [5.74, 6) is 0.682. The van der Waals surface area contributed by atoms with Crippen molar-refractivity contribution in [3.8, 4) is 0 Å². The Hall–Kier alpha value is -2.50. The third-order valence-corrected chi connectivity index (χ3v) is 4.11. The van der Waals surface area contributed by atoms with E-state index in [1.807, 2.05) is 42.5 Å². The number of hydrogen-bond acceptors (Lipinski definition) is 3. The molecule has 25 heavy (non-hydrogen) atoms. The largest absolute Gasteiger partial charge is 0.458 e. The van der Waals surface area contributed by atoms with Crippen molar-refractivity contribution in [2.75, 3.05) is 13.7 Å². The van der Waals surface area contributed by atoms with Gasteiger partial charge in [0, 0.05) is 24.1 Å². The van der Waals surface area contributed by atoms with Crippen molar-refractivity contribution in [1.82, 2.24) is 10.6 Å². The second kappa shape index (κ2) is 8.05. The van der Waals surface area contributed by atoms with E-state index in [1.54, 1.807) is 19.2 Å². The number of nitrogens with one attached hydrogen (secondary N) is 2. The first-order valence-electron chi connectivity index (χ1n) is 7.93. The van der Waals surface area contributed by atoms with Gasteiger partial charge in [-0.3, -0.25) is 0 Å². The first-order valence-corrected chi connectivity index (χ1v) is 8.31. The molecular formula is C19H19ClN2O3. The van der Waals surface area contributed by atoms with E-state index in [9.17, 15) is 4.79 Å². The number of furan rings is 1. The molecule has 3 aromatic rings. The van der Waals surface area contributed by atoms with E-state index in [0.717, 1.165) is 16.5 Å². The van der Waals surface area contributed by atoms with Gasteiger partial charge in [-0.1, -0.05) is 41.9 Å². The average molecular weight is 359 g/mol. The number of para-hydroxylation sites is 1. The minimum absolute atomic E-state index is 0.270. The van der Waals surface area contributed by atoms with E-state index in [-0.39, 0.29) is 12.1 Å². The third kappa shape index (κ3) is 4.53.